The van der Waals surface area contributed by atoms with Crippen LogP contribution in [0, 0.1) is 6.92 Å². The predicted molar refractivity (Wildman–Crippen MR) is 73.2 cm³/mol. The highest BCUT2D eigenvalue weighted by Crippen LogP contribution is 2.08. The van der Waals surface area contributed by atoms with Gasteiger partial charge >= 0.3 is 12.4 Å². The van der Waals surface area contributed by atoms with Crippen LogP contribution in [0.4, 0.5) is 0 Å². The van der Waals surface area contributed by atoms with E-state index < -0.39 is 10.1 Å². The Morgan fingerprint density at radius 2 is 1.58 bits per heavy atom. The second-order valence-electron chi connectivity index (χ2n) is 3.56. The minimum atomic E-state index is -4.02. The molecule has 0 fully saturated rings. The van der Waals surface area contributed by atoms with E-state index in [0.717, 1.165) is 5.56 Å². The lowest BCUT2D eigenvalue weighted by atomic mass is 10.2. The lowest BCUT2D eigenvalue weighted by molar-refractivity contribution is -0.596. The number of nitrogens with one attached hydrogen (secondary N) is 2. The number of benzene rings is 1. The van der Waals surface area contributed by atoms with Gasteiger partial charge in [-0.3, -0.25) is 4.55 Å². The summed E-state index contributed by atoms with van der Waals surface area (Å²) in [6, 6.07) is 5.99. The minimum absolute atomic E-state index is 0.0666. The van der Waals surface area contributed by atoms with Gasteiger partial charge in [0.05, 0.1) is 21.5 Å². The predicted octanol–water partition coefficient (Wildman–Crippen LogP) is 1.02. The molecule has 1 aromatic rings. The molecule has 19 heavy (non-hydrogen) atoms. The zero-order valence-corrected chi connectivity index (χ0v) is 11.8. The first kappa shape index (κ1) is 15.3. The first-order valence-corrected chi connectivity index (χ1v) is 7.05. The second kappa shape index (κ2) is 6.98. The topological polar surface area (TPSA) is 81.4 Å². The van der Waals surface area contributed by atoms with Gasteiger partial charge < -0.3 is 0 Å². The van der Waals surface area contributed by atoms with Gasteiger partial charge in [0.2, 0.25) is 0 Å². The van der Waals surface area contributed by atoms with E-state index in [1.807, 2.05) is 19.1 Å². The molecule has 0 amide bonds. The molecular weight excluding hydrogens is 286 g/mol. The van der Waals surface area contributed by atoms with Crippen LogP contribution in [0.15, 0.2) is 53.7 Å². The number of aryl methyl sites for hydroxylation is 1. The Labute approximate surface area is 117 Å². The standard InChI is InChI=1S/C7H8O3S.C4H6N3S/c1-6-2-4-7(5-3-6)11(8,9)10;8-7-5-3-1-2-4-6-7/h2-5H,1H3,(H,8,9,10);1-4H,(H2,5,6,8)/q;+1. The van der Waals surface area contributed by atoms with Crippen LogP contribution >= 0.6 is 0 Å². The van der Waals surface area contributed by atoms with Gasteiger partial charge in [0.25, 0.3) is 10.1 Å². The van der Waals surface area contributed by atoms with Crippen molar-refractivity contribution in [2.24, 2.45) is 0 Å². The van der Waals surface area contributed by atoms with Crippen molar-refractivity contribution < 1.29 is 17.1 Å². The number of nitrogens with zero attached hydrogens (tertiary/aromatic N) is 1. The monoisotopic (exact) mass is 300 g/mol. The molecule has 2 rings (SSSR count). The van der Waals surface area contributed by atoms with E-state index in [-0.39, 0.29) is 4.90 Å². The maximum Gasteiger partial charge on any atom is 0.334 e. The normalized spacial score (nSPS) is 13.7. The van der Waals surface area contributed by atoms with Crippen LogP contribution < -0.4 is 10.9 Å². The van der Waals surface area contributed by atoms with Crippen LogP contribution in [-0.4, -0.2) is 17.1 Å². The molecule has 0 aliphatic carbocycles. The van der Waals surface area contributed by atoms with E-state index in [2.05, 4.69) is 23.3 Å². The number of hydrogen-bond donors (Lipinski definition) is 3. The van der Waals surface area contributed by atoms with Gasteiger partial charge in [0.1, 0.15) is 0 Å². The van der Waals surface area contributed by atoms with Gasteiger partial charge in [0.15, 0.2) is 0 Å². The highest BCUT2D eigenvalue weighted by Gasteiger charge is 2.06. The molecule has 6 nitrogen and oxygen atoms in total. The SMILES string of the molecule is Cc1ccc(S(=O)(=O)O)cc1.S=[N+]1NC=CC=CN1. The molecule has 1 aliphatic rings. The first-order valence-electron chi connectivity index (χ1n) is 5.25. The van der Waals surface area contributed by atoms with E-state index in [4.69, 9.17) is 4.55 Å². The summed E-state index contributed by atoms with van der Waals surface area (Å²) in [5.41, 5.74) is 6.43. The maximum absolute atomic E-state index is 10.5. The number of allylic oxidation sites excluding steroid dienone is 2. The summed E-state index contributed by atoms with van der Waals surface area (Å²) in [6.45, 7) is 1.84. The smallest absolute Gasteiger partial charge is 0.282 e. The van der Waals surface area contributed by atoms with E-state index >= 15 is 0 Å². The van der Waals surface area contributed by atoms with Gasteiger partial charge in [-0.25, -0.2) is 0 Å². The molecule has 1 aliphatic heterocycles. The van der Waals surface area contributed by atoms with Gasteiger partial charge in [-0.2, -0.15) is 8.42 Å². The van der Waals surface area contributed by atoms with E-state index in [1.165, 1.54) is 16.3 Å². The molecule has 0 spiro atoms. The second-order valence-corrected chi connectivity index (χ2v) is 5.35. The Kier molecular flexibility index (Phi) is 5.61. The average Bonchev–Trinajstić information content (AvgIpc) is 2.57. The van der Waals surface area contributed by atoms with Gasteiger partial charge in [-0.1, -0.05) is 17.7 Å². The Morgan fingerprint density at radius 3 is 2.00 bits per heavy atom. The molecule has 0 aromatic heterocycles. The third-order valence-corrected chi connectivity index (χ3v) is 3.08. The minimum Gasteiger partial charge on any atom is -0.282 e. The number of rotatable bonds is 1. The molecule has 0 saturated heterocycles. The van der Waals surface area contributed by atoms with Crippen molar-refractivity contribution >= 4 is 22.5 Å². The fourth-order valence-corrected chi connectivity index (χ4v) is 1.68. The van der Waals surface area contributed by atoms with Crippen LogP contribution in [0.25, 0.3) is 0 Å². The van der Waals surface area contributed by atoms with Crippen molar-refractivity contribution in [2.45, 2.75) is 11.8 Å². The van der Waals surface area contributed by atoms with Crippen LogP contribution in [0.5, 0.6) is 0 Å². The van der Waals surface area contributed by atoms with Crippen LogP contribution in [0.1, 0.15) is 5.56 Å². The third kappa shape index (κ3) is 6.09. The molecule has 0 bridgehead atoms. The van der Waals surface area contributed by atoms with Crippen LogP contribution in [0.3, 0.4) is 0 Å². The van der Waals surface area contributed by atoms with Gasteiger partial charge in [-0.15, -0.1) is 10.9 Å². The summed E-state index contributed by atoms with van der Waals surface area (Å²) in [4.78, 5) is -0.0666. The average molecular weight is 300 g/mol. The van der Waals surface area contributed by atoms with E-state index in [1.54, 1.807) is 24.5 Å². The molecule has 0 saturated carbocycles. The summed E-state index contributed by atoms with van der Waals surface area (Å²) in [5, 5.41) is 0. The van der Waals surface area contributed by atoms with Crippen molar-refractivity contribution in [1.82, 2.24) is 10.9 Å². The van der Waals surface area contributed by atoms with Crippen molar-refractivity contribution in [1.29, 1.82) is 0 Å². The maximum atomic E-state index is 10.5. The van der Waals surface area contributed by atoms with Crippen LogP contribution in [-0.2, 0) is 22.5 Å². The van der Waals surface area contributed by atoms with Crippen molar-refractivity contribution in [2.75, 3.05) is 0 Å². The van der Waals surface area contributed by atoms with Gasteiger partial charge in [-0.05, 0) is 31.2 Å². The fraction of sp³-hybridized carbons (Fsp3) is 0.0909. The third-order valence-electron chi connectivity index (χ3n) is 2.01. The highest BCUT2D eigenvalue weighted by atomic mass is 32.2. The first-order chi connectivity index (χ1) is 8.89. The van der Waals surface area contributed by atoms with Crippen molar-refractivity contribution in [3.63, 3.8) is 0 Å². The zero-order valence-electron chi connectivity index (χ0n) is 10.1. The van der Waals surface area contributed by atoms with Gasteiger partial charge in [0, 0.05) is 0 Å². The Balaban J connectivity index is 0.000000200. The number of hydrogen-bond acceptors (Lipinski definition) is 3. The molecule has 1 heterocycles. The Hall–Kier alpha value is -1.77. The summed E-state index contributed by atoms with van der Waals surface area (Å²) in [7, 11) is -4.02. The Morgan fingerprint density at radius 1 is 1.11 bits per heavy atom. The zero-order chi connectivity index (χ0) is 14.3. The van der Waals surface area contributed by atoms with Crippen molar-refractivity contribution in [3.05, 3.63) is 54.4 Å². The summed E-state index contributed by atoms with van der Waals surface area (Å²) in [5.74, 6) is 0. The van der Waals surface area contributed by atoms with Crippen LogP contribution in [0.2, 0.25) is 0 Å². The molecule has 3 N–H and O–H groups in total. The molecule has 8 heteroatoms. The largest absolute Gasteiger partial charge is 0.334 e. The summed E-state index contributed by atoms with van der Waals surface area (Å²) < 4.78 is 30.9. The quantitative estimate of drug-likeness (QED) is 0.531. The molecule has 0 atom stereocenters. The molecule has 0 radical (unpaired) electrons. The highest BCUT2D eigenvalue weighted by molar-refractivity contribution is 7.85. The summed E-state index contributed by atoms with van der Waals surface area (Å²) in [6.07, 6.45) is 7.17. The van der Waals surface area contributed by atoms with Crippen molar-refractivity contribution in [3.8, 4) is 0 Å². The molecule has 0 unspecified atom stereocenters. The van der Waals surface area contributed by atoms with E-state index in [9.17, 15) is 8.42 Å². The molecule has 1 aromatic carbocycles. The Bertz CT molecular complexity index is 576. The lowest BCUT2D eigenvalue weighted by Gasteiger charge is -1.95. The summed E-state index contributed by atoms with van der Waals surface area (Å²) >= 11 is 4.68. The molecule has 102 valence electrons. The fourth-order valence-electron chi connectivity index (χ4n) is 1.08. The lowest BCUT2D eigenvalue weighted by Crippen LogP contribution is -2.29. The molecular formula is C11H14N3O3S2+. The number of hydrazine groups is 2. The van der Waals surface area contributed by atoms with E-state index in [0.29, 0.717) is 0 Å².